The van der Waals surface area contributed by atoms with Crippen molar-refractivity contribution >= 4 is 35.2 Å². The molecule has 0 aliphatic heterocycles. The number of para-hydroxylation sites is 1. The summed E-state index contributed by atoms with van der Waals surface area (Å²) in [6.07, 6.45) is 2.04. The third kappa shape index (κ3) is 7.79. The Labute approximate surface area is 291 Å². The van der Waals surface area contributed by atoms with Gasteiger partial charge in [-0.15, -0.1) is 59.2 Å². The van der Waals surface area contributed by atoms with Crippen LogP contribution in [0, 0.1) is 12.1 Å². The van der Waals surface area contributed by atoms with E-state index < -0.39 is 20.3 Å². The molecule has 3 heterocycles. The molecule has 5 heteroatoms. The van der Waals surface area contributed by atoms with Crippen molar-refractivity contribution in [2.75, 3.05) is 0 Å². The molecule has 0 fully saturated rings. The third-order valence-corrected chi connectivity index (χ3v) is 9.73. The molecule has 0 spiro atoms. The van der Waals surface area contributed by atoms with Crippen LogP contribution in [0.3, 0.4) is 0 Å². The van der Waals surface area contributed by atoms with Gasteiger partial charge in [0, 0.05) is 42.0 Å². The maximum atomic E-state index is 8.55. The minimum Gasteiger partial charge on any atom is -0.500 e. The van der Waals surface area contributed by atoms with Crippen molar-refractivity contribution in [3.8, 4) is 22.5 Å². The van der Waals surface area contributed by atoms with Gasteiger partial charge in [-0.05, 0) is 47.4 Å². The Hall–Kier alpha value is -4.15. The van der Waals surface area contributed by atoms with E-state index in [1.54, 1.807) is 18.3 Å². The summed E-state index contributed by atoms with van der Waals surface area (Å²) in [5.74, 6) is -0.649. The molecule has 0 amide bonds. The van der Waals surface area contributed by atoms with Crippen LogP contribution in [0.15, 0.2) is 126 Å². The van der Waals surface area contributed by atoms with E-state index in [-0.39, 0.29) is 20.1 Å². The second-order valence-electron chi connectivity index (χ2n) is 12.3. The number of pyridine rings is 2. The molecule has 0 saturated carbocycles. The molecule has 0 atom stereocenters. The fourth-order valence-corrected chi connectivity index (χ4v) is 6.28. The van der Waals surface area contributed by atoms with Crippen LogP contribution in [-0.2, 0) is 26.5 Å². The van der Waals surface area contributed by atoms with Crippen LogP contribution >= 0.6 is 0 Å². The zero-order valence-corrected chi connectivity index (χ0v) is 30.1. The van der Waals surface area contributed by atoms with Gasteiger partial charge in [0.15, 0.2) is 0 Å². The number of hydrogen-bond donors (Lipinski definition) is 0. The van der Waals surface area contributed by atoms with E-state index in [0.717, 1.165) is 50.0 Å². The fourth-order valence-electron chi connectivity index (χ4n) is 5.13. The van der Waals surface area contributed by atoms with E-state index in [2.05, 4.69) is 66.0 Å². The van der Waals surface area contributed by atoms with Gasteiger partial charge >= 0.3 is 0 Å². The van der Waals surface area contributed by atoms with Crippen molar-refractivity contribution in [1.29, 1.82) is 0 Å². The summed E-state index contributed by atoms with van der Waals surface area (Å²) in [4.78, 5) is 8.94. The van der Waals surface area contributed by atoms with Crippen LogP contribution in [0.1, 0.15) is 40.5 Å². The topological polar surface area (TPSA) is 38.9 Å². The van der Waals surface area contributed by atoms with Crippen LogP contribution in [-0.4, -0.2) is 18.0 Å². The van der Waals surface area contributed by atoms with Crippen LogP contribution in [0.4, 0.5) is 0 Å². The molecule has 0 unspecified atom stereocenters. The van der Waals surface area contributed by atoms with Gasteiger partial charge in [0.2, 0.25) is 0 Å². The molecule has 233 valence electrons. The number of hydrogen-bond acceptors (Lipinski definition) is 3. The molecule has 3 nitrogen and oxygen atoms in total. The number of furan rings is 1. The van der Waals surface area contributed by atoms with Crippen molar-refractivity contribution < 1.29 is 28.6 Å². The van der Waals surface area contributed by atoms with Crippen molar-refractivity contribution in [3.63, 3.8) is 0 Å². The van der Waals surface area contributed by atoms with Crippen molar-refractivity contribution in [1.82, 2.24) is 9.97 Å². The summed E-state index contributed by atoms with van der Waals surface area (Å²) in [7, 11) is -1.43. The Morgan fingerprint density at radius 3 is 2.20 bits per heavy atom. The van der Waals surface area contributed by atoms with Gasteiger partial charge in [-0.1, -0.05) is 110 Å². The Morgan fingerprint density at radius 2 is 1.43 bits per heavy atom. The molecule has 0 aliphatic rings. The summed E-state index contributed by atoms with van der Waals surface area (Å²) in [6, 6.07) is 41.2. The summed E-state index contributed by atoms with van der Waals surface area (Å²) >= 11 is 0. The Morgan fingerprint density at radius 1 is 0.739 bits per heavy atom. The first-order chi connectivity index (χ1) is 22.8. The van der Waals surface area contributed by atoms with Crippen molar-refractivity contribution in [2.24, 2.45) is 0 Å². The predicted octanol–water partition coefficient (Wildman–Crippen LogP) is 10.3. The predicted molar refractivity (Wildman–Crippen MR) is 191 cm³/mol. The van der Waals surface area contributed by atoms with Gasteiger partial charge in [0.1, 0.15) is 5.58 Å². The largest absolute Gasteiger partial charge is 0.500 e. The fraction of sp³-hybridized carbons (Fsp3) is 0.171. The average molecular weight is 798 g/mol. The molecular weight excluding hydrogens is 757 g/mol. The van der Waals surface area contributed by atoms with E-state index in [1.165, 1.54) is 5.19 Å². The number of nitrogens with zero attached hydrogens (tertiary/aromatic N) is 2. The molecule has 0 bridgehead atoms. The van der Waals surface area contributed by atoms with E-state index >= 15 is 0 Å². The average Bonchev–Trinajstić information content (AvgIpc) is 3.46. The Kier molecular flexibility index (Phi) is 9.23. The minimum absolute atomic E-state index is 0. The van der Waals surface area contributed by atoms with Crippen molar-refractivity contribution in [3.05, 3.63) is 150 Å². The van der Waals surface area contributed by atoms with E-state index in [4.69, 9.17) is 8.53 Å². The Balaban J connectivity index is 0.000000188. The quantitative estimate of drug-likeness (QED) is 0.124. The first-order valence-electron chi connectivity index (χ1n) is 16.7. The first-order valence-corrected chi connectivity index (χ1v) is 18.7. The summed E-state index contributed by atoms with van der Waals surface area (Å²) in [6.45, 7) is 10.7. The zero-order chi connectivity index (χ0) is 34.1. The van der Waals surface area contributed by atoms with Gasteiger partial charge in [-0.2, -0.15) is 0 Å². The first kappa shape index (κ1) is 29.3. The van der Waals surface area contributed by atoms with Gasteiger partial charge in [0.05, 0.1) is 13.7 Å². The molecule has 0 saturated heterocycles. The van der Waals surface area contributed by atoms with E-state index in [1.807, 2.05) is 92.8 Å². The Bertz CT molecular complexity index is 2210. The van der Waals surface area contributed by atoms with Crippen LogP contribution < -0.4 is 5.19 Å². The molecule has 7 rings (SSSR count). The third-order valence-electron chi connectivity index (χ3n) is 7.69. The van der Waals surface area contributed by atoms with Gasteiger partial charge in [0.25, 0.3) is 0 Å². The number of benzene rings is 4. The SMILES string of the molecule is [2H]C(C)(C)c1ccnc(-c2[c-]cc3oc4ccccc4c3c2)c1.[2H]C([2H])(c1ccccc1)c1cc[c-]c(-c2cc([Si](C)(C)C)ccn2)c1.[Ir]. The normalized spacial score (nSPS) is 12.8. The standard InChI is InChI=1S/C21H22NSi.C20H16NO.Ir/c1-23(2,3)20-12-13-22-21(16-20)19-11-7-10-18(15-19)14-17-8-5-4-6-9-17;1-13(2)14-9-10-21-18(12-14)15-7-8-20-17(11-15)16-5-3-4-6-19(16)22-20;/h4-10,12-13,15-16H,14H2,1-3H3;3-6,8-13H,1-2H3;/q2*-1;/i14D2;13D;. The molecule has 1 radical (unpaired) electrons. The van der Waals surface area contributed by atoms with Crippen LogP contribution in [0.25, 0.3) is 44.5 Å². The summed E-state index contributed by atoms with van der Waals surface area (Å²) in [5, 5.41) is 3.49. The maximum Gasteiger partial charge on any atom is 0.120 e. The van der Waals surface area contributed by atoms with E-state index in [0.29, 0.717) is 11.1 Å². The second kappa shape index (κ2) is 14.5. The molecule has 4 aromatic carbocycles. The summed E-state index contributed by atoms with van der Waals surface area (Å²) < 4.78 is 31.1. The number of fused-ring (bicyclic) bond motifs is 3. The van der Waals surface area contributed by atoms with Crippen LogP contribution in [0.5, 0.6) is 0 Å². The number of aromatic nitrogens is 2. The van der Waals surface area contributed by atoms with Crippen LogP contribution in [0.2, 0.25) is 19.6 Å². The zero-order valence-electron chi connectivity index (χ0n) is 29.7. The summed E-state index contributed by atoms with van der Waals surface area (Å²) in [5.41, 5.74) is 7.33. The monoisotopic (exact) mass is 798 g/mol. The molecular formula is C41H38IrN2OSi-2. The molecule has 0 aliphatic carbocycles. The molecule has 7 aromatic rings. The van der Waals surface area contributed by atoms with Gasteiger partial charge < -0.3 is 14.4 Å². The van der Waals surface area contributed by atoms with Gasteiger partial charge in [-0.25, -0.2) is 0 Å². The molecule has 0 N–H and O–H groups in total. The number of rotatable bonds is 6. The second-order valence-corrected chi connectivity index (χ2v) is 17.4. The molecule has 3 aromatic heterocycles. The molecule has 46 heavy (non-hydrogen) atoms. The van der Waals surface area contributed by atoms with Crippen molar-refractivity contribution in [2.45, 2.75) is 45.8 Å². The maximum absolute atomic E-state index is 8.55. The smallest absolute Gasteiger partial charge is 0.120 e. The van der Waals surface area contributed by atoms with Gasteiger partial charge in [-0.3, -0.25) is 0 Å². The minimum atomic E-state index is -1.55. The van der Waals surface area contributed by atoms with E-state index in [9.17, 15) is 0 Å².